The minimum absolute atomic E-state index is 0.172. The second-order valence-electron chi connectivity index (χ2n) is 2.64. The van der Waals surface area contributed by atoms with Crippen molar-refractivity contribution in [2.75, 3.05) is 6.54 Å². The van der Waals surface area contributed by atoms with Gasteiger partial charge in [-0.1, -0.05) is 0 Å². The summed E-state index contributed by atoms with van der Waals surface area (Å²) in [5.74, 6) is -2.33. The molecule has 0 rings (SSSR count). The van der Waals surface area contributed by atoms with Crippen LogP contribution in [0.4, 0.5) is 0 Å². The largest absolute Gasteiger partial charge is 0.481 e. The molecule has 0 aromatic rings. The zero-order valence-corrected chi connectivity index (χ0v) is 6.20. The van der Waals surface area contributed by atoms with Crippen molar-refractivity contribution < 1.29 is 19.8 Å². The summed E-state index contributed by atoms with van der Waals surface area (Å²) in [4.78, 5) is 20.6. The zero-order chi connectivity index (χ0) is 9.07. The maximum Gasteiger partial charge on any atom is 0.311 e. The summed E-state index contributed by atoms with van der Waals surface area (Å²) in [6.45, 7) is 1.14. The Morgan fingerprint density at radius 2 is 1.91 bits per heavy atom. The maximum absolute atomic E-state index is 10.4. The lowest BCUT2D eigenvalue weighted by atomic mass is 9.87. The van der Waals surface area contributed by atoms with Crippen molar-refractivity contribution in [3.8, 4) is 0 Å². The minimum Gasteiger partial charge on any atom is -0.481 e. The lowest BCUT2D eigenvalue weighted by Gasteiger charge is -2.19. The predicted octanol–water partition coefficient (Wildman–Crippen LogP) is -0.489. The molecule has 64 valence electrons. The molecule has 0 radical (unpaired) electrons. The zero-order valence-electron chi connectivity index (χ0n) is 6.20. The Bertz CT molecular complexity index is 179. The van der Waals surface area contributed by atoms with Gasteiger partial charge in [-0.2, -0.15) is 0 Å². The summed E-state index contributed by atoms with van der Waals surface area (Å²) in [6, 6.07) is 0. The third kappa shape index (κ3) is 2.55. The van der Waals surface area contributed by atoms with E-state index >= 15 is 0 Å². The van der Waals surface area contributed by atoms with E-state index in [0.717, 1.165) is 0 Å². The molecule has 4 N–H and O–H groups in total. The molecule has 5 nitrogen and oxygen atoms in total. The van der Waals surface area contributed by atoms with Gasteiger partial charge >= 0.3 is 11.9 Å². The van der Waals surface area contributed by atoms with E-state index in [0.29, 0.717) is 0 Å². The van der Waals surface area contributed by atoms with Crippen molar-refractivity contribution in [3.05, 3.63) is 0 Å². The highest BCUT2D eigenvalue weighted by Gasteiger charge is 2.34. The number of nitrogens with two attached hydrogens (primary N) is 1. The van der Waals surface area contributed by atoms with Gasteiger partial charge in [0.1, 0.15) is 0 Å². The van der Waals surface area contributed by atoms with E-state index < -0.39 is 23.8 Å². The van der Waals surface area contributed by atoms with Crippen LogP contribution in [0.3, 0.4) is 0 Å². The van der Waals surface area contributed by atoms with Crippen molar-refractivity contribution in [2.45, 2.75) is 13.3 Å². The standard InChI is InChI=1S/C6H11NO4/c1-6(3-7,5(10)11)2-4(8)9/h2-3,7H2,1H3,(H,8,9)(H,10,11)/t6-/m1/s1. The molecule has 0 aliphatic heterocycles. The van der Waals surface area contributed by atoms with Crippen molar-refractivity contribution in [3.63, 3.8) is 0 Å². The molecular weight excluding hydrogens is 150 g/mol. The number of carbonyl (C=O) groups is 2. The van der Waals surface area contributed by atoms with Crippen LogP contribution in [0.1, 0.15) is 13.3 Å². The van der Waals surface area contributed by atoms with Crippen LogP contribution >= 0.6 is 0 Å². The van der Waals surface area contributed by atoms with Gasteiger partial charge in [0.15, 0.2) is 0 Å². The highest BCUT2D eigenvalue weighted by atomic mass is 16.4. The van der Waals surface area contributed by atoms with Gasteiger partial charge in [0, 0.05) is 6.54 Å². The number of carboxylic acids is 2. The van der Waals surface area contributed by atoms with Crippen molar-refractivity contribution >= 4 is 11.9 Å². The van der Waals surface area contributed by atoms with Gasteiger partial charge in [0.2, 0.25) is 0 Å². The highest BCUT2D eigenvalue weighted by Crippen LogP contribution is 2.19. The molecule has 0 saturated heterocycles. The molecule has 0 aromatic heterocycles. The average Bonchev–Trinajstić information content (AvgIpc) is 1.86. The summed E-state index contributed by atoms with van der Waals surface area (Å²) in [6.07, 6.45) is -0.446. The van der Waals surface area contributed by atoms with E-state index in [4.69, 9.17) is 15.9 Å². The average molecular weight is 161 g/mol. The molecule has 11 heavy (non-hydrogen) atoms. The Labute approximate surface area is 63.8 Å². The first-order valence-corrected chi connectivity index (χ1v) is 3.07. The molecule has 0 aliphatic rings. The highest BCUT2D eigenvalue weighted by molar-refractivity contribution is 5.81. The third-order valence-corrected chi connectivity index (χ3v) is 1.51. The molecule has 0 amide bonds. The molecule has 0 bridgehead atoms. The summed E-state index contributed by atoms with van der Waals surface area (Å²) in [7, 11) is 0. The van der Waals surface area contributed by atoms with Gasteiger partial charge in [-0.25, -0.2) is 0 Å². The van der Waals surface area contributed by atoms with Crippen LogP contribution in [0.25, 0.3) is 0 Å². The Balaban J connectivity index is 4.34. The second-order valence-corrected chi connectivity index (χ2v) is 2.64. The van der Waals surface area contributed by atoms with E-state index in [2.05, 4.69) is 0 Å². The van der Waals surface area contributed by atoms with Crippen LogP contribution in [0.5, 0.6) is 0 Å². The van der Waals surface area contributed by atoms with Crippen molar-refractivity contribution in [1.29, 1.82) is 0 Å². The molecular formula is C6H11NO4. The van der Waals surface area contributed by atoms with Crippen LogP contribution in [-0.4, -0.2) is 28.7 Å². The maximum atomic E-state index is 10.4. The van der Waals surface area contributed by atoms with Crippen molar-refractivity contribution in [2.24, 2.45) is 11.1 Å². The quantitative estimate of drug-likeness (QED) is 0.516. The molecule has 0 aromatic carbocycles. The molecule has 0 unspecified atom stereocenters. The first kappa shape index (κ1) is 9.90. The van der Waals surface area contributed by atoms with Crippen LogP contribution in [-0.2, 0) is 9.59 Å². The SMILES string of the molecule is C[C@](CN)(CC(=O)O)C(=O)O. The lowest BCUT2D eigenvalue weighted by molar-refractivity contribution is -0.154. The molecule has 0 spiro atoms. The summed E-state index contributed by atoms with van der Waals surface area (Å²) in [5, 5.41) is 16.8. The fourth-order valence-corrected chi connectivity index (χ4v) is 0.569. The summed E-state index contributed by atoms with van der Waals surface area (Å²) < 4.78 is 0. The number of hydrogen-bond donors (Lipinski definition) is 3. The number of carboxylic acid groups (broad SMARTS) is 2. The molecule has 0 saturated carbocycles. The van der Waals surface area contributed by atoms with E-state index in [-0.39, 0.29) is 6.54 Å². The van der Waals surface area contributed by atoms with Crippen molar-refractivity contribution in [1.82, 2.24) is 0 Å². The second kappa shape index (κ2) is 3.34. The van der Waals surface area contributed by atoms with Gasteiger partial charge in [0.05, 0.1) is 11.8 Å². The van der Waals surface area contributed by atoms with E-state index in [1.54, 1.807) is 0 Å². The van der Waals surface area contributed by atoms with E-state index in [9.17, 15) is 9.59 Å². The summed E-state index contributed by atoms with van der Waals surface area (Å²) >= 11 is 0. The fourth-order valence-electron chi connectivity index (χ4n) is 0.569. The Morgan fingerprint density at radius 3 is 2.00 bits per heavy atom. The molecule has 0 fully saturated rings. The van der Waals surface area contributed by atoms with Gasteiger partial charge < -0.3 is 15.9 Å². The number of hydrogen-bond acceptors (Lipinski definition) is 3. The van der Waals surface area contributed by atoms with Gasteiger partial charge in [-0.15, -0.1) is 0 Å². The number of aliphatic carboxylic acids is 2. The summed E-state index contributed by atoms with van der Waals surface area (Å²) in [5.41, 5.74) is 3.77. The Hall–Kier alpha value is -1.10. The van der Waals surface area contributed by atoms with Crippen LogP contribution in [0, 0.1) is 5.41 Å². The van der Waals surface area contributed by atoms with Gasteiger partial charge in [-0.3, -0.25) is 9.59 Å². The Morgan fingerprint density at radius 1 is 1.45 bits per heavy atom. The van der Waals surface area contributed by atoms with Gasteiger partial charge in [0.25, 0.3) is 0 Å². The minimum atomic E-state index is -1.34. The Kier molecular flexibility index (Phi) is 3.00. The first-order valence-electron chi connectivity index (χ1n) is 3.07. The molecule has 1 atom stereocenters. The molecule has 0 heterocycles. The van der Waals surface area contributed by atoms with Gasteiger partial charge in [-0.05, 0) is 6.92 Å². The van der Waals surface area contributed by atoms with Crippen LogP contribution < -0.4 is 5.73 Å². The molecule has 0 aliphatic carbocycles. The van der Waals surface area contributed by atoms with E-state index in [1.165, 1.54) is 6.92 Å². The lowest BCUT2D eigenvalue weighted by Crippen LogP contribution is -2.37. The topological polar surface area (TPSA) is 101 Å². The smallest absolute Gasteiger partial charge is 0.311 e. The fraction of sp³-hybridized carbons (Fsp3) is 0.667. The van der Waals surface area contributed by atoms with Crippen LogP contribution in [0.15, 0.2) is 0 Å². The van der Waals surface area contributed by atoms with E-state index in [1.807, 2.05) is 0 Å². The number of rotatable bonds is 4. The third-order valence-electron chi connectivity index (χ3n) is 1.51. The first-order chi connectivity index (χ1) is 4.92. The predicted molar refractivity (Wildman–Crippen MR) is 37.0 cm³/mol. The normalized spacial score (nSPS) is 15.5. The molecule has 5 heteroatoms. The van der Waals surface area contributed by atoms with Crippen LogP contribution in [0.2, 0.25) is 0 Å². The monoisotopic (exact) mass is 161 g/mol.